The Balaban J connectivity index is 1.87. The number of aromatic carboxylic acids is 1. The Morgan fingerprint density at radius 1 is 1.30 bits per heavy atom. The Morgan fingerprint density at radius 3 is 2.75 bits per heavy atom. The molecule has 2 aromatic heterocycles. The number of carbonyl (C=O) groups is 1. The molecule has 102 valence electrons. The van der Waals surface area contributed by atoms with Crippen molar-refractivity contribution in [3.63, 3.8) is 0 Å². The van der Waals surface area contributed by atoms with Crippen molar-refractivity contribution in [1.82, 2.24) is 15.0 Å². The minimum atomic E-state index is -1.01. The van der Waals surface area contributed by atoms with Gasteiger partial charge in [-0.25, -0.2) is 14.8 Å². The summed E-state index contributed by atoms with van der Waals surface area (Å²) in [6, 6.07) is 4.17. The molecule has 20 heavy (non-hydrogen) atoms. The molecule has 1 aliphatic heterocycles. The normalized spacial score (nSPS) is 18.2. The number of carboxylic acid groups (broad SMARTS) is 1. The van der Waals surface area contributed by atoms with Gasteiger partial charge < -0.3 is 10.0 Å². The van der Waals surface area contributed by atoms with Crippen LogP contribution in [0.4, 0.5) is 5.95 Å². The lowest BCUT2D eigenvalue weighted by Gasteiger charge is -2.24. The summed E-state index contributed by atoms with van der Waals surface area (Å²) in [5.74, 6) is -0.442. The second-order valence-corrected chi connectivity index (χ2v) is 4.71. The number of pyridine rings is 1. The summed E-state index contributed by atoms with van der Waals surface area (Å²) in [7, 11) is 0. The molecule has 0 bridgehead atoms. The lowest BCUT2D eigenvalue weighted by Crippen LogP contribution is -2.24. The first kappa shape index (κ1) is 12.5. The van der Waals surface area contributed by atoms with Gasteiger partial charge in [0.2, 0.25) is 5.95 Å². The van der Waals surface area contributed by atoms with E-state index in [1.807, 2.05) is 18.3 Å². The van der Waals surface area contributed by atoms with Gasteiger partial charge in [-0.2, -0.15) is 0 Å². The van der Waals surface area contributed by atoms with Gasteiger partial charge in [0.15, 0.2) is 0 Å². The SMILES string of the molecule is O=C(O)c1cnc(N2CCCC2c2cccnc2)nc1. The van der Waals surface area contributed by atoms with Gasteiger partial charge in [-0.3, -0.25) is 4.98 Å². The molecule has 1 fully saturated rings. The standard InChI is InChI=1S/C14H14N4O2/c19-13(20)11-8-16-14(17-9-11)18-6-2-4-12(18)10-3-1-5-15-7-10/h1,3,5,7-9,12H,2,4,6H2,(H,19,20). The molecule has 1 aliphatic rings. The Hall–Kier alpha value is -2.50. The van der Waals surface area contributed by atoms with Gasteiger partial charge in [-0.15, -0.1) is 0 Å². The lowest BCUT2D eigenvalue weighted by molar-refractivity contribution is 0.0696. The van der Waals surface area contributed by atoms with E-state index in [0.717, 1.165) is 24.9 Å². The van der Waals surface area contributed by atoms with Crippen LogP contribution >= 0.6 is 0 Å². The summed E-state index contributed by atoms with van der Waals surface area (Å²) in [4.78, 5) is 25.4. The van der Waals surface area contributed by atoms with Gasteiger partial charge in [-0.05, 0) is 24.5 Å². The van der Waals surface area contributed by atoms with Gasteiger partial charge in [0, 0.05) is 31.3 Å². The van der Waals surface area contributed by atoms with Crippen LogP contribution in [0.1, 0.15) is 34.8 Å². The molecule has 0 aliphatic carbocycles. The second kappa shape index (κ2) is 5.24. The largest absolute Gasteiger partial charge is 0.478 e. The molecule has 1 atom stereocenters. The van der Waals surface area contributed by atoms with Crippen LogP contribution in [-0.2, 0) is 0 Å². The van der Waals surface area contributed by atoms with E-state index in [1.165, 1.54) is 12.4 Å². The highest BCUT2D eigenvalue weighted by molar-refractivity contribution is 5.86. The van der Waals surface area contributed by atoms with E-state index in [2.05, 4.69) is 19.9 Å². The van der Waals surface area contributed by atoms with Gasteiger partial charge in [0.05, 0.1) is 11.6 Å². The van der Waals surface area contributed by atoms with Crippen LogP contribution in [0.2, 0.25) is 0 Å². The van der Waals surface area contributed by atoms with Gasteiger partial charge in [0.25, 0.3) is 0 Å². The van der Waals surface area contributed by atoms with Crippen LogP contribution in [-0.4, -0.2) is 32.6 Å². The van der Waals surface area contributed by atoms with E-state index in [0.29, 0.717) is 5.95 Å². The van der Waals surface area contributed by atoms with Crippen LogP contribution in [0.15, 0.2) is 36.9 Å². The Labute approximate surface area is 116 Å². The first-order valence-corrected chi connectivity index (χ1v) is 6.47. The van der Waals surface area contributed by atoms with E-state index >= 15 is 0 Å². The zero-order valence-corrected chi connectivity index (χ0v) is 10.8. The molecule has 0 saturated carbocycles. The zero-order chi connectivity index (χ0) is 13.9. The molecule has 0 aromatic carbocycles. The third-order valence-corrected chi connectivity index (χ3v) is 3.46. The van der Waals surface area contributed by atoms with Gasteiger partial charge in [-0.1, -0.05) is 6.07 Å². The summed E-state index contributed by atoms with van der Waals surface area (Å²) >= 11 is 0. The van der Waals surface area contributed by atoms with Crippen LogP contribution in [0.5, 0.6) is 0 Å². The fourth-order valence-electron chi connectivity index (χ4n) is 2.51. The van der Waals surface area contributed by atoms with Gasteiger partial charge in [0.1, 0.15) is 0 Å². The third-order valence-electron chi connectivity index (χ3n) is 3.46. The van der Waals surface area contributed by atoms with Crippen molar-refractivity contribution in [1.29, 1.82) is 0 Å². The van der Waals surface area contributed by atoms with Crippen LogP contribution in [0.3, 0.4) is 0 Å². The number of nitrogens with zero attached hydrogens (tertiary/aromatic N) is 4. The second-order valence-electron chi connectivity index (χ2n) is 4.71. The maximum Gasteiger partial charge on any atom is 0.338 e. The molecule has 1 N–H and O–H groups in total. The smallest absolute Gasteiger partial charge is 0.338 e. The molecule has 1 saturated heterocycles. The quantitative estimate of drug-likeness (QED) is 0.917. The molecular weight excluding hydrogens is 256 g/mol. The molecule has 6 nitrogen and oxygen atoms in total. The van der Waals surface area contributed by atoms with Crippen molar-refractivity contribution < 1.29 is 9.90 Å². The average Bonchev–Trinajstić information content (AvgIpc) is 2.97. The molecule has 2 aromatic rings. The summed E-state index contributed by atoms with van der Waals surface area (Å²) in [6.07, 6.45) is 8.39. The van der Waals surface area contributed by atoms with Crippen LogP contribution in [0.25, 0.3) is 0 Å². The van der Waals surface area contributed by atoms with Crippen molar-refractivity contribution in [3.8, 4) is 0 Å². The van der Waals surface area contributed by atoms with Gasteiger partial charge >= 0.3 is 5.97 Å². The number of rotatable bonds is 3. The summed E-state index contributed by atoms with van der Waals surface area (Å²) in [6.45, 7) is 0.867. The summed E-state index contributed by atoms with van der Waals surface area (Å²) in [5, 5.41) is 8.87. The van der Waals surface area contributed by atoms with Crippen molar-refractivity contribution >= 4 is 11.9 Å². The highest BCUT2D eigenvalue weighted by Crippen LogP contribution is 2.33. The first-order chi connectivity index (χ1) is 9.75. The van der Waals surface area contributed by atoms with Crippen molar-refractivity contribution in [3.05, 3.63) is 48.0 Å². The highest BCUT2D eigenvalue weighted by atomic mass is 16.4. The Kier molecular flexibility index (Phi) is 3.28. The van der Waals surface area contributed by atoms with Crippen LogP contribution in [0, 0.1) is 0 Å². The van der Waals surface area contributed by atoms with E-state index < -0.39 is 5.97 Å². The van der Waals surface area contributed by atoms with E-state index in [4.69, 9.17) is 5.11 Å². The highest BCUT2D eigenvalue weighted by Gasteiger charge is 2.28. The summed E-state index contributed by atoms with van der Waals surface area (Å²) in [5.41, 5.74) is 1.24. The number of aromatic nitrogens is 3. The monoisotopic (exact) mass is 270 g/mol. The molecule has 3 heterocycles. The Bertz CT molecular complexity index is 600. The number of hydrogen-bond donors (Lipinski definition) is 1. The number of carboxylic acids is 1. The minimum absolute atomic E-state index is 0.103. The fourth-order valence-corrected chi connectivity index (χ4v) is 2.51. The van der Waals surface area contributed by atoms with E-state index in [1.54, 1.807) is 6.20 Å². The maximum atomic E-state index is 10.8. The predicted molar refractivity (Wildman–Crippen MR) is 72.5 cm³/mol. The molecule has 1 unspecified atom stereocenters. The van der Waals surface area contributed by atoms with Crippen molar-refractivity contribution in [2.75, 3.05) is 11.4 Å². The molecule has 0 spiro atoms. The number of hydrogen-bond acceptors (Lipinski definition) is 5. The maximum absolute atomic E-state index is 10.8. The fraction of sp³-hybridized carbons (Fsp3) is 0.286. The first-order valence-electron chi connectivity index (χ1n) is 6.47. The third kappa shape index (κ3) is 2.32. The molecule has 3 rings (SSSR count). The summed E-state index contributed by atoms with van der Waals surface area (Å²) < 4.78 is 0. The molecule has 6 heteroatoms. The minimum Gasteiger partial charge on any atom is -0.478 e. The number of anilines is 1. The molecular formula is C14H14N4O2. The average molecular weight is 270 g/mol. The van der Waals surface area contributed by atoms with E-state index in [-0.39, 0.29) is 11.6 Å². The topological polar surface area (TPSA) is 79.2 Å². The molecule has 0 radical (unpaired) electrons. The zero-order valence-electron chi connectivity index (χ0n) is 10.8. The van der Waals surface area contributed by atoms with Crippen molar-refractivity contribution in [2.45, 2.75) is 18.9 Å². The van der Waals surface area contributed by atoms with E-state index in [9.17, 15) is 4.79 Å². The predicted octanol–water partition coefficient (Wildman–Crippen LogP) is 1.91. The Morgan fingerprint density at radius 2 is 2.10 bits per heavy atom. The van der Waals surface area contributed by atoms with Crippen molar-refractivity contribution in [2.24, 2.45) is 0 Å². The lowest BCUT2D eigenvalue weighted by atomic mass is 10.1. The molecule has 0 amide bonds. The van der Waals surface area contributed by atoms with Crippen LogP contribution < -0.4 is 4.90 Å².